The average Bonchev–Trinajstić information content (AvgIpc) is 2.45. The van der Waals surface area contributed by atoms with Gasteiger partial charge in [-0.05, 0) is 0 Å². The zero-order valence-corrected chi connectivity index (χ0v) is 12.0. The maximum atomic E-state index is 13.5. The Balaban J connectivity index is 3.20. The SMILES string of the molecule is COC(=O)CCC(=O)Oc1c(F)c(F)c(S(=O)(=O)[O-])c(F)c1F. The lowest BCUT2D eigenvalue weighted by atomic mass is 10.2. The molecule has 12 heteroatoms. The fourth-order valence-electron chi connectivity index (χ4n) is 1.37. The van der Waals surface area contributed by atoms with Gasteiger partial charge in [-0.25, -0.2) is 17.2 Å². The molecule has 0 heterocycles. The Hall–Kier alpha value is -2.21. The van der Waals surface area contributed by atoms with E-state index in [1.165, 1.54) is 0 Å². The molecule has 0 saturated carbocycles. The molecule has 23 heavy (non-hydrogen) atoms. The lowest BCUT2D eigenvalue weighted by Gasteiger charge is -2.13. The van der Waals surface area contributed by atoms with E-state index in [4.69, 9.17) is 0 Å². The monoisotopic (exact) mass is 359 g/mol. The summed E-state index contributed by atoms with van der Waals surface area (Å²) in [5.41, 5.74) is 0. The second kappa shape index (κ2) is 6.91. The Morgan fingerprint density at radius 3 is 1.78 bits per heavy atom. The van der Waals surface area contributed by atoms with Gasteiger partial charge in [-0.15, -0.1) is 0 Å². The third-order valence-corrected chi connectivity index (χ3v) is 3.27. The maximum absolute atomic E-state index is 13.5. The van der Waals surface area contributed by atoms with Gasteiger partial charge in [0.15, 0.2) is 11.6 Å². The average molecular weight is 359 g/mol. The maximum Gasteiger partial charge on any atom is 0.311 e. The van der Waals surface area contributed by atoms with E-state index in [-0.39, 0.29) is 0 Å². The number of esters is 2. The van der Waals surface area contributed by atoms with E-state index in [0.717, 1.165) is 7.11 Å². The zero-order valence-electron chi connectivity index (χ0n) is 11.2. The van der Waals surface area contributed by atoms with Gasteiger partial charge < -0.3 is 14.0 Å². The minimum Gasteiger partial charge on any atom is -0.744 e. The van der Waals surface area contributed by atoms with Crippen LogP contribution in [0.5, 0.6) is 5.75 Å². The number of ether oxygens (including phenoxy) is 2. The highest BCUT2D eigenvalue weighted by Crippen LogP contribution is 2.32. The lowest BCUT2D eigenvalue weighted by molar-refractivity contribution is -0.144. The number of hydrogen-bond donors (Lipinski definition) is 0. The van der Waals surface area contributed by atoms with Crippen molar-refractivity contribution in [1.82, 2.24) is 0 Å². The van der Waals surface area contributed by atoms with Gasteiger partial charge in [-0.2, -0.15) is 8.78 Å². The van der Waals surface area contributed by atoms with Crippen LogP contribution in [-0.4, -0.2) is 32.0 Å². The van der Waals surface area contributed by atoms with Gasteiger partial charge in [0, 0.05) is 0 Å². The molecule has 7 nitrogen and oxygen atoms in total. The van der Waals surface area contributed by atoms with Gasteiger partial charge in [-0.1, -0.05) is 0 Å². The summed E-state index contributed by atoms with van der Waals surface area (Å²) in [6.45, 7) is 0. The summed E-state index contributed by atoms with van der Waals surface area (Å²) in [6, 6.07) is 0. The van der Waals surface area contributed by atoms with Crippen LogP contribution in [-0.2, 0) is 24.4 Å². The first-order valence-corrected chi connectivity index (χ1v) is 7.00. The summed E-state index contributed by atoms with van der Waals surface area (Å²) >= 11 is 0. The molecule has 0 radical (unpaired) electrons. The van der Waals surface area contributed by atoms with Crippen LogP contribution >= 0.6 is 0 Å². The van der Waals surface area contributed by atoms with Crippen LogP contribution < -0.4 is 4.74 Å². The molecule has 0 aromatic heterocycles. The summed E-state index contributed by atoms with van der Waals surface area (Å²) in [5, 5.41) is 0. The molecule has 1 rings (SSSR count). The third-order valence-electron chi connectivity index (χ3n) is 2.41. The van der Waals surface area contributed by atoms with Crippen molar-refractivity contribution >= 4 is 22.1 Å². The van der Waals surface area contributed by atoms with Gasteiger partial charge >= 0.3 is 11.9 Å². The van der Waals surface area contributed by atoms with Crippen LogP contribution in [0.1, 0.15) is 12.8 Å². The van der Waals surface area contributed by atoms with Crippen molar-refractivity contribution in [3.8, 4) is 5.75 Å². The molecular formula is C11H7F4O7S-. The number of methoxy groups -OCH3 is 1. The Kier molecular flexibility index (Phi) is 5.66. The van der Waals surface area contributed by atoms with Gasteiger partial charge in [-0.3, -0.25) is 9.59 Å². The normalized spacial score (nSPS) is 11.2. The number of hydrogen-bond acceptors (Lipinski definition) is 7. The number of carbonyl (C=O) groups excluding carboxylic acids is 2. The van der Waals surface area contributed by atoms with Crippen LogP contribution in [0.3, 0.4) is 0 Å². The molecule has 0 atom stereocenters. The van der Waals surface area contributed by atoms with Crippen molar-refractivity contribution in [3.63, 3.8) is 0 Å². The highest BCUT2D eigenvalue weighted by Gasteiger charge is 2.31. The standard InChI is InChI=1S/C11H8F4O7S/c1-21-4(16)2-3-5(17)22-10-6(12)8(14)11(23(18,19)20)9(15)7(10)13/h2-3H2,1H3,(H,18,19,20)/p-1. The van der Waals surface area contributed by atoms with E-state index in [2.05, 4.69) is 9.47 Å². The molecule has 0 N–H and O–H groups in total. The molecule has 1 aromatic rings. The number of benzene rings is 1. The van der Waals surface area contributed by atoms with Crippen LogP contribution in [0.2, 0.25) is 0 Å². The second-order valence-corrected chi connectivity index (χ2v) is 5.24. The van der Waals surface area contributed by atoms with Crippen molar-refractivity contribution < 1.29 is 49.6 Å². The molecule has 0 bridgehead atoms. The summed E-state index contributed by atoms with van der Waals surface area (Å²) in [6.07, 6.45) is -1.28. The van der Waals surface area contributed by atoms with E-state index >= 15 is 0 Å². The van der Waals surface area contributed by atoms with E-state index in [1.54, 1.807) is 0 Å². The zero-order chi connectivity index (χ0) is 17.9. The van der Waals surface area contributed by atoms with Gasteiger partial charge in [0.1, 0.15) is 15.0 Å². The van der Waals surface area contributed by atoms with E-state index in [0.29, 0.717) is 0 Å². The summed E-state index contributed by atoms with van der Waals surface area (Å²) in [5.74, 6) is -14.0. The van der Waals surface area contributed by atoms with Crippen LogP contribution in [0.4, 0.5) is 17.6 Å². The van der Waals surface area contributed by atoms with Crippen molar-refractivity contribution in [2.24, 2.45) is 0 Å². The minimum absolute atomic E-state index is 0.545. The fourth-order valence-corrected chi connectivity index (χ4v) is 1.99. The summed E-state index contributed by atoms with van der Waals surface area (Å²) in [7, 11) is -4.86. The molecule has 0 aliphatic carbocycles. The van der Waals surface area contributed by atoms with Gasteiger partial charge in [0.25, 0.3) is 0 Å². The first-order chi connectivity index (χ1) is 10.5. The Morgan fingerprint density at radius 1 is 0.957 bits per heavy atom. The predicted molar refractivity (Wildman–Crippen MR) is 61.1 cm³/mol. The van der Waals surface area contributed by atoms with Crippen molar-refractivity contribution in [2.45, 2.75) is 17.7 Å². The number of carbonyl (C=O) groups is 2. The van der Waals surface area contributed by atoms with E-state index in [1.807, 2.05) is 0 Å². The molecule has 0 amide bonds. The van der Waals surface area contributed by atoms with Crippen LogP contribution in [0.15, 0.2) is 4.90 Å². The van der Waals surface area contributed by atoms with Crippen molar-refractivity contribution in [2.75, 3.05) is 7.11 Å². The van der Waals surface area contributed by atoms with Gasteiger partial charge in [0.05, 0.1) is 20.0 Å². The number of halogens is 4. The molecule has 128 valence electrons. The van der Waals surface area contributed by atoms with Crippen molar-refractivity contribution in [1.29, 1.82) is 0 Å². The van der Waals surface area contributed by atoms with Crippen LogP contribution in [0.25, 0.3) is 0 Å². The first-order valence-electron chi connectivity index (χ1n) is 5.60. The molecular weight excluding hydrogens is 352 g/mol. The highest BCUT2D eigenvalue weighted by atomic mass is 32.2. The molecule has 0 aliphatic rings. The Bertz CT molecular complexity index is 731. The van der Waals surface area contributed by atoms with Gasteiger partial charge in [0.2, 0.25) is 17.4 Å². The summed E-state index contributed by atoms with van der Waals surface area (Å²) in [4.78, 5) is 19.6. The quantitative estimate of drug-likeness (QED) is 0.254. The predicted octanol–water partition coefficient (Wildman–Crippen LogP) is 1.01. The second-order valence-electron chi connectivity index (χ2n) is 3.92. The highest BCUT2D eigenvalue weighted by molar-refractivity contribution is 7.85. The Labute approximate surface area is 126 Å². The lowest BCUT2D eigenvalue weighted by Crippen LogP contribution is -2.16. The topological polar surface area (TPSA) is 110 Å². The molecule has 0 spiro atoms. The smallest absolute Gasteiger partial charge is 0.311 e. The van der Waals surface area contributed by atoms with Crippen molar-refractivity contribution in [3.05, 3.63) is 23.3 Å². The third kappa shape index (κ3) is 4.16. The summed E-state index contributed by atoms with van der Waals surface area (Å²) < 4.78 is 93.8. The fraction of sp³-hybridized carbons (Fsp3) is 0.273. The van der Waals surface area contributed by atoms with Crippen LogP contribution in [0, 0.1) is 23.3 Å². The first kappa shape index (κ1) is 18.8. The molecule has 1 aromatic carbocycles. The van der Waals surface area contributed by atoms with E-state index < -0.39 is 68.8 Å². The molecule has 0 unspecified atom stereocenters. The number of rotatable bonds is 5. The molecule has 0 fully saturated rings. The molecule has 0 aliphatic heterocycles. The molecule has 0 saturated heterocycles. The minimum atomic E-state index is -5.86. The Morgan fingerprint density at radius 2 is 1.39 bits per heavy atom. The largest absolute Gasteiger partial charge is 0.744 e. The van der Waals surface area contributed by atoms with E-state index in [9.17, 15) is 40.1 Å².